The summed E-state index contributed by atoms with van der Waals surface area (Å²) in [4.78, 5) is 18.2. The molecule has 1 aliphatic heterocycles. The molecule has 3 unspecified atom stereocenters. The molecular formula is C17H24N2O2. The third-order valence-corrected chi connectivity index (χ3v) is 5.13. The van der Waals surface area contributed by atoms with Crippen LogP contribution >= 0.6 is 0 Å². The van der Waals surface area contributed by atoms with Crippen molar-refractivity contribution in [1.29, 1.82) is 0 Å². The predicted octanol–water partition coefficient (Wildman–Crippen LogP) is 3.00. The number of hydrogen-bond donors (Lipinski definition) is 1. The second kappa shape index (κ2) is 6.14. The molecule has 21 heavy (non-hydrogen) atoms. The van der Waals surface area contributed by atoms with Gasteiger partial charge in [0.2, 0.25) is 0 Å². The van der Waals surface area contributed by atoms with Crippen LogP contribution in [0.2, 0.25) is 0 Å². The number of likely N-dealkylation sites (tertiary alicyclic amines) is 1. The van der Waals surface area contributed by atoms with Crippen LogP contribution in [0, 0.1) is 12.8 Å². The fourth-order valence-electron chi connectivity index (χ4n) is 4.03. The van der Waals surface area contributed by atoms with Crippen molar-refractivity contribution in [1.82, 2.24) is 9.88 Å². The molecule has 1 aliphatic carbocycles. The van der Waals surface area contributed by atoms with Crippen molar-refractivity contribution in [3.8, 4) is 0 Å². The quantitative estimate of drug-likeness (QED) is 0.929. The van der Waals surface area contributed by atoms with Crippen LogP contribution in [0.1, 0.15) is 49.8 Å². The summed E-state index contributed by atoms with van der Waals surface area (Å²) >= 11 is 0. The summed E-state index contributed by atoms with van der Waals surface area (Å²) in [6.45, 7) is 2.69. The van der Waals surface area contributed by atoms with Crippen LogP contribution in [0.5, 0.6) is 0 Å². The summed E-state index contributed by atoms with van der Waals surface area (Å²) in [5.74, 6) is 0.0202. The summed E-state index contributed by atoms with van der Waals surface area (Å²) in [5, 5.41) is 9.56. The third-order valence-electron chi connectivity index (χ3n) is 5.13. The molecule has 1 aromatic rings. The Hall–Kier alpha value is -1.42. The van der Waals surface area contributed by atoms with Crippen molar-refractivity contribution < 1.29 is 9.90 Å². The van der Waals surface area contributed by atoms with E-state index in [1.807, 2.05) is 19.2 Å². The molecule has 114 valence electrons. The van der Waals surface area contributed by atoms with Gasteiger partial charge in [0, 0.05) is 24.5 Å². The van der Waals surface area contributed by atoms with Gasteiger partial charge in [-0.1, -0.05) is 18.9 Å². The Labute approximate surface area is 126 Å². The lowest BCUT2D eigenvalue weighted by Gasteiger charge is -2.47. The zero-order chi connectivity index (χ0) is 14.8. The van der Waals surface area contributed by atoms with Crippen molar-refractivity contribution >= 4 is 5.97 Å². The van der Waals surface area contributed by atoms with E-state index in [2.05, 4.69) is 16.0 Å². The molecule has 0 amide bonds. The van der Waals surface area contributed by atoms with Gasteiger partial charge in [-0.05, 0) is 50.2 Å². The molecule has 3 rings (SSSR count). The lowest BCUT2D eigenvalue weighted by atomic mass is 9.76. The highest BCUT2D eigenvalue weighted by Gasteiger charge is 2.41. The topological polar surface area (TPSA) is 53.4 Å². The minimum Gasteiger partial charge on any atom is -0.480 e. The van der Waals surface area contributed by atoms with Gasteiger partial charge in [-0.3, -0.25) is 14.7 Å². The van der Waals surface area contributed by atoms with E-state index in [1.165, 1.54) is 19.3 Å². The second-order valence-corrected chi connectivity index (χ2v) is 6.52. The Morgan fingerprint density at radius 1 is 1.29 bits per heavy atom. The van der Waals surface area contributed by atoms with Crippen LogP contribution in [0.3, 0.4) is 0 Å². The molecule has 3 atom stereocenters. The molecule has 0 bridgehead atoms. The number of pyridine rings is 1. The molecule has 2 fully saturated rings. The molecular weight excluding hydrogens is 264 g/mol. The molecule has 1 aromatic heterocycles. The third kappa shape index (κ3) is 3.10. The molecule has 1 N–H and O–H groups in total. The number of carboxylic acid groups (broad SMARTS) is 1. The highest BCUT2D eigenvalue weighted by atomic mass is 16.4. The van der Waals surface area contributed by atoms with E-state index in [0.29, 0.717) is 18.5 Å². The molecule has 2 heterocycles. The monoisotopic (exact) mass is 288 g/mol. The number of aryl methyl sites for hydroxylation is 1. The number of aliphatic carboxylic acids is 1. The summed E-state index contributed by atoms with van der Waals surface area (Å²) in [7, 11) is 0. The number of carbonyl (C=O) groups is 1. The van der Waals surface area contributed by atoms with E-state index in [4.69, 9.17) is 0 Å². The lowest BCUT2D eigenvalue weighted by Crippen LogP contribution is -2.54. The second-order valence-electron chi connectivity index (χ2n) is 6.52. The maximum atomic E-state index is 11.6. The van der Waals surface area contributed by atoms with Crippen LogP contribution in [-0.4, -0.2) is 33.0 Å². The first-order chi connectivity index (χ1) is 10.1. The zero-order valence-electron chi connectivity index (χ0n) is 12.7. The van der Waals surface area contributed by atoms with Crippen LogP contribution in [0.15, 0.2) is 18.3 Å². The van der Waals surface area contributed by atoms with Crippen LogP contribution in [0.4, 0.5) is 0 Å². The van der Waals surface area contributed by atoms with E-state index in [-0.39, 0.29) is 6.04 Å². The summed E-state index contributed by atoms with van der Waals surface area (Å²) in [5.41, 5.74) is 2.13. The Kier molecular flexibility index (Phi) is 4.24. The molecule has 1 saturated carbocycles. The SMILES string of the molecule is Cc1ccc(CN2C(C(=O)O)CCC3CCCCC32)cn1. The maximum Gasteiger partial charge on any atom is 0.320 e. The Bertz CT molecular complexity index is 500. The molecule has 2 aliphatic rings. The smallest absolute Gasteiger partial charge is 0.320 e. The summed E-state index contributed by atoms with van der Waals surface area (Å²) < 4.78 is 0. The highest BCUT2D eigenvalue weighted by Crippen LogP contribution is 2.38. The molecule has 0 spiro atoms. The van der Waals surface area contributed by atoms with Gasteiger partial charge in [-0.25, -0.2) is 0 Å². The molecule has 4 heteroatoms. The van der Waals surface area contributed by atoms with Crippen molar-refractivity contribution in [2.75, 3.05) is 0 Å². The van der Waals surface area contributed by atoms with Crippen molar-refractivity contribution in [3.63, 3.8) is 0 Å². The van der Waals surface area contributed by atoms with E-state index in [9.17, 15) is 9.90 Å². The van der Waals surface area contributed by atoms with Crippen molar-refractivity contribution in [3.05, 3.63) is 29.6 Å². The fraction of sp³-hybridized carbons (Fsp3) is 0.647. The Balaban J connectivity index is 1.81. The van der Waals surface area contributed by atoms with Crippen molar-refractivity contribution in [2.45, 2.75) is 64.1 Å². The average Bonchev–Trinajstić information content (AvgIpc) is 2.49. The zero-order valence-corrected chi connectivity index (χ0v) is 12.7. The van der Waals surface area contributed by atoms with Crippen molar-refractivity contribution in [2.24, 2.45) is 5.92 Å². The molecule has 0 aromatic carbocycles. The Morgan fingerprint density at radius 2 is 2.10 bits per heavy atom. The minimum atomic E-state index is -0.668. The molecule has 0 radical (unpaired) electrons. The van der Waals surface area contributed by atoms with Gasteiger partial charge in [0.15, 0.2) is 0 Å². The van der Waals surface area contributed by atoms with E-state index in [0.717, 1.165) is 30.5 Å². The molecule has 1 saturated heterocycles. The maximum absolute atomic E-state index is 11.6. The number of aromatic nitrogens is 1. The highest BCUT2D eigenvalue weighted by molar-refractivity contribution is 5.73. The number of fused-ring (bicyclic) bond motifs is 1. The Morgan fingerprint density at radius 3 is 2.81 bits per heavy atom. The first-order valence-corrected chi connectivity index (χ1v) is 8.05. The lowest BCUT2D eigenvalue weighted by molar-refractivity contribution is -0.148. The number of hydrogen-bond acceptors (Lipinski definition) is 3. The van der Waals surface area contributed by atoms with Gasteiger partial charge in [0.25, 0.3) is 0 Å². The van der Waals surface area contributed by atoms with Gasteiger partial charge < -0.3 is 5.11 Å². The van der Waals surface area contributed by atoms with Gasteiger partial charge in [0.1, 0.15) is 6.04 Å². The first kappa shape index (κ1) is 14.5. The number of nitrogens with zero attached hydrogens (tertiary/aromatic N) is 2. The van der Waals surface area contributed by atoms with Crippen LogP contribution in [0.25, 0.3) is 0 Å². The predicted molar refractivity (Wildman–Crippen MR) is 80.9 cm³/mol. The number of rotatable bonds is 3. The van der Waals surface area contributed by atoms with Gasteiger partial charge >= 0.3 is 5.97 Å². The standard InChI is InChI=1S/C17H24N2O2/c1-12-6-7-13(10-18-12)11-19-15-5-3-2-4-14(15)8-9-16(19)17(20)21/h6-7,10,14-16H,2-5,8-9,11H2,1H3,(H,20,21). The van der Waals surface area contributed by atoms with E-state index in [1.54, 1.807) is 0 Å². The fourth-order valence-corrected chi connectivity index (χ4v) is 4.03. The largest absolute Gasteiger partial charge is 0.480 e. The number of piperidine rings is 1. The first-order valence-electron chi connectivity index (χ1n) is 8.05. The normalized spacial score (nSPS) is 29.9. The number of carboxylic acids is 1. The average molecular weight is 288 g/mol. The summed E-state index contributed by atoms with van der Waals surface area (Å²) in [6, 6.07) is 4.20. The van der Waals surface area contributed by atoms with Gasteiger partial charge in [-0.2, -0.15) is 0 Å². The van der Waals surface area contributed by atoms with E-state index < -0.39 is 5.97 Å². The van der Waals surface area contributed by atoms with E-state index >= 15 is 0 Å². The molecule has 4 nitrogen and oxygen atoms in total. The minimum absolute atomic E-state index is 0.328. The summed E-state index contributed by atoms with van der Waals surface area (Å²) in [6.07, 6.45) is 8.70. The van der Waals surface area contributed by atoms with Crippen LogP contribution in [-0.2, 0) is 11.3 Å². The van der Waals surface area contributed by atoms with Crippen LogP contribution < -0.4 is 0 Å². The van der Waals surface area contributed by atoms with Gasteiger partial charge in [-0.15, -0.1) is 0 Å². The van der Waals surface area contributed by atoms with Gasteiger partial charge in [0.05, 0.1) is 0 Å².